The Kier molecular flexibility index (Phi) is 2.69. The van der Waals surface area contributed by atoms with Gasteiger partial charge < -0.3 is 4.98 Å². The minimum Gasteiger partial charge on any atom is -0.330 e. The second kappa shape index (κ2) is 4.57. The van der Waals surface area contributed by atoms with Crippen LogP contribution < -0.4 is 0 Å². The van der Waals surface area contributed by atoms with Crippen LogP contribution in [0, 0.1) is 11.7 Å². The average molecular weight is 290 g/mol. The van der Waals surface area contributed by atoms with Crippen LogP contribution in [0.5, 0.6) is 0 Å². The first kappa shape index (κ1) is 12.4. The van der Waals surface area contributed by atoms with Gasteiger partial charge in [-0.1, -0.05) is 42.5 Å². The Labute approximate surface area is 127 Å². The van der Waals surface area contributed by atoms with Gasteiger partial charge in [0.1, 0.15) is 0 Å². The molecule has 4 rings (SSSR count). The molecule has 0 saturated heterocycles. The highest BCUT2D eigenvalue weighted by Gasteiger charge is 2.09. The molecule has 3 heteroatoms. The molecule has 2 nitrogen and oxygen atoms in total. The molecule has 0 spiro atoms. The molecule has 0 radical (unpaired) electrons. The number of hydrogen-bond acceptors (Lipinski definition) is 1. The summed E-state index contributed by atoms with van der Waals surface area (Å²) in [6.45, 7) is 2.09. The Balaban J connectivity index is 2.14. The zero-order chi connectivity index (χ0) is 14.4. The highest BCUT2D eigenvalue weighted by molar-refractivity contribution is 7.71. The molecule has 0 atom stereocenters. The van der Waals surface area contributed by atoms with Crippen LogP contribution >= 0.6 is 12.2 Å². The quantitative estimate of drug-likeness (QED) is 0.481. The van der Waals surface area contributed by atoms with Crippen molar-refractivity contribution in [2.24, 2.45) is 0 Å². The van der Waals surface area contributed by atoms with Gasteiger partial charge in [0.25, 0.3) is 0 Å². The van der Waals surface area contributed by atoms with Crippen LogP contribution in [-0.2, 0) is 0 Å². The van der Waals surface area contributed by atoms with E-state index in [9.17, 15) is 0 Å². The van der Waals surface area contributed by atoms with E-state index >= 15 is 0 Å². The summed E-state index contributed by atoms with van der Waals surface area (Å²) in [7, 11) is 0. The highest BCUT2D eigenvalue weighted by Crippen LogP contribution is 2.26. The first-order chi connectivity index (χ1) is 10.2. The second-order valence-corrected chi connectivity index (χ2v) is 5.67. The molecule has 0 aliphatic carbocycles. The first-order valence-corrected chi connectivity index (χ1v) is 7.34. The van der Waals surface area contributed by atoms with Gasteiger partial charge in [-0.25, -0.2) is 0 Å². The molecule has 1 N–H and O–H groups in total. The number of H-pyrrole nitrogens is 1. The summed E-state index contributed by atoms with van der Waals surface area (Å²) in [6, 6.07) is 21.1. The lowest BCUT2D eigenvalue weighted by atomic mass is 10.1. The van der Waals surface area contributed by atoms with Crippen LogP contribution in [0.1, 0.15) is 5.56 Å². The van der Waals surface area contributed by atoms with E-state index in [1.807, 2.05) is 0 Å². The van der Waals surface area contributed by atoms with Crippen LogP contribution in [0.4, 0.5) is 0 Å². The Morgan fingerprint density at radius 2 is 1.76 bits per heavy atom. The van der Waals surface area contributed by atoms with Gasteiger partial charge in [0.05, 0.1) is 16.7 Å². The van der Waals surface area contributed by atoms with Crippen molar-refractivity contribution < 1.29 is 0 Å². The van der Waals surface area contributed by atoms with Crippen LogP contribution in [0.2, 0.25) is 0 Å². The fraction of sp³-hybridized carbons (Fsp3) is 0.0556. The van der Waals surface area contributed by atoms with Crippen molar-refractivity contribution in [3.05, 3.63) is 71.0 Å². The summed E-state index contributed by atoms with van der Waals surface area (Å²) in [5.74, 6) is 0. The van der Waals surface area contributed by atoms with Gasteiger partial charge in [-0.2, -0.15) is 0 Å². The highest BCUT2D eigenvalue weighted by atomic mass is 32.1. The summed E-state index contributed by atoms with van der Waals surface area (Å²) in [5.41, 5.74) is 4.53. The summed E-state index contributed by atoms with van der Waals surface area (Å²) in [5, 5.41) is 2.43. The molecule has 3 aromatic carbocycles. The lowest BCUT2D eigenvalue weighted by molar-refractivity contribution is 1.08. The maximum Gasteiger partial charge on any atom is 0.182 e. The van der Waals surface area contributed by atoms with Crippen LogP contribution in [0.15, 0.2) is 60.7 Å². The molecule has 0 unspecified atom stereocenters. The number of rotatable bonds is 1. The summed E-state index contributed by atoms with van der Waals surface area (Å²) in [4.78, 5) is 3.31. The third-order valence-electron chi connectivity index (χ3n) is 3.85. The monoisotopic (exact) mass is 290 g/mol. The van der Waals surface area contributed by atoms with E-state index in [0.717, 1.165) is 21.5 Å². The van der Waals surface area contributed by atoms with E-state index in [2.05, 4.69) is 77.1 Å². The molecule has 0 saturated carbocycles. The number of nitrogens with zero attached hydrogens (tertiary/aromatic N) is 1. The number of nitrogens with one attached hydrogen (secondary N) is 1. The molecule has 0 aliphatic rings. The van der Waals surface area contributed by atoms with Crippen molar-refractivity contribution in [1.82, 2.24) is 9.55 Å². The topological polar surface area (TPSA) is 20.7 Å². The molecule has 0 amide bonds. The zero-order valence-corrected chi connectivity index (χ0v) is 12.4. The third-order valence-corrected chi connectivity index (χ3v) is 4.13. The van der Waals surface area contributed by atoms with Gasteiger partial charge in [0, 0.05) is 5.39 Å². The van der Waals surface area contributed by atoms with Gasteiger partial charge >= 0.3 is 0 Å². The maximum atomic E-state index is 5.55. The molecule has 0 fully saturated rings. The van der Waals surface area contributed by atoms with Gasteiger partial charge in [0.15, 0.2) is 4.77 Å². The predicted molar refractivity (Wildman–Crippen MR) is 90.7 cm³/mol. The summed E-state index contributed by atoms with van der Waals surface area (Å²) >= 11 is 5.55. The van der Waals surface area contributed by atoms with Crippen molar-refractivity contribution >= 4 is 34.0 Å². The van der Waals surface area contributed by atoms with Crippen molar-refractivity contribution in [2.45, 2.75) is 6.92 Å². The van der Waals surface area contributed by atoms with Crippen LogP contribution in [0.3, 0.4) is 0 Å². The molecule has 4 aromatic rings. The first-order valence-electron chi connectivity index (χ1n) is 6.93. The summed E-state index contributed by atoms with van der Waals surface area (Å²) < 4.78 is 2.85. The van der Waals surface area contributed by atoms with E-state index < -0.39 is 0 Å². The molecule has 0 aliphatic heterocycles. The van der Waals surface area contributed by atoms with Crippen LogP contribution in [-0.4, -0.2) is 9.55 Å². The largest absolute Gasteiger partial charge is 0.330 e. The number of fused-ring (bicyclic) bond motifs is 2. The smallest absolute Gasteiger partial charge is 0.182 e. The molecule has 102 valence electrons. The lowest BCUT2D eigenvalue weighted by Crippen LogP contribution is -1.95. The number of benzene rings is 3. The molecular weight excluding hydrogens is 276 g/mol. The number of aromatic nitrogens is 2. The van der Waals surface area contributed by atoms with Crippen LogP contribution in [0.25, 0.3) is 27.5 Å². The van der Waals surface area contributed by atoms with E-state index in [0.29, 0.717) is 0 Å². The Morgan fingerprint density at radius 3 is 2.67 bits per heavy atom. The second-order valence-electron chi connectivity index (χ2n) is 5.28. The number of aryl methyl sites for hydroxylation is 1. The average Bonchev–Trinajstić information content (AvgIpc) is 2.81. The number of hydrogen-bond donors (Lipinski definition) is 1. The Hall–Kier alpha value is -2.39. The third kappa shape index (κ3) is 1.89. The Bertz CT molecular complexity index is 1020. The SMILES string of the molecule is Cc1ccc2c(c1)[nH]c(=S)n2-c1cccc2ccccc12. The molecular formula is C18H14N2S. The fourth-order valence-corrected chi connectivity index (χ4v) is 3.17. The van der Waals surface area contributed by atoms with Gasteiger partial charge in [-0.3, -0.25) is 4.57 Å². The number of imidazole rings is 1. The van der Waals surface area contributed by atoms with E-state index in [1.54, 1.807) is 0 Å². The van der Waals surface area contributed by atoms with Gasteiger partial charge in [0.2, 0.25) is 0 Å². The van der Waals surface area contributed by atoms with Crippen molar-refractivity contribution in [3.63, 3.8) is 0 Å². The minimum atomic E-state index is 0.729. The molecule has 0 bridgehead atoms. The van der Waals surface area contributed by atoms with E-state index in [1.165, 1.54) is 16.3 Å². The lowest BCUT2D eigenvalue weighted by Gasteiger charge is -2.09. The molecule has 1 aromatic heterocycles. The Morgan fingerprint density at radius 1 is 0.952 bits per heavy atom. The summed E-state index contributed by atoms with van der Waals surface area (Å²) in [6.07, 6.45) is 0. The predicted octanol–water partition coefficient (Wildman–Crippen LogP) is 5.15. The van der Waals surface area contributed by atoms with E-state index in [4.69, 9.17) is 12.2 Å². The molecule has 1 heterocycles. The van der Waals surface area contributed by atoms with Crippen molar-refractivity contribution in [1.29, 1.82) is 0 Å². The number of aromatic amines is 1. The van der Waals surface area contributed by atoms with Crippen molar-refractivity contribution in [2.75, 3.05) is 0 Å². The minimum absolute atomic E-state index is 0.729. The standard InChI is InChI=1S/C18H14N2S/c1-12-9-10-17-15(11-12)19-18(21)20(17)16-8-4-6-13-5-2-3-7-14(13)16/h2-11H,1H3,(H,19,21). The fourth-order valence-electron chi connectivity index (χ4n) is 2.87. The van der Waals surface area contributed by atoms with E-state index in [-0.39, 0.29) is 0 Å². The molecule has 21 heavy (non-hydrogen) atoms. The van der Waals surface area contributed by atoms with Gasteiger partial charge in [-0.05, 0) is 48.3 Å². The maximum absolute atomic E-state index is 5.55. The van der Waals surface area contributed by atoms with Gasteiger partial charge in [-0.15, -0.1) is 0 Å². The van der Waals surface area contributed by atoms with Crippen molar-refractivity contribution in [3.8, 4) is 5.69 Å². The normalized spacial score (nSPS) is 11.3. The zero-order valence-electron chi connectivity index (χ0n) is 11.6.